The molecule has 2 aromatic rings. The summed E-state index contributed by atoms with van der Waals surface area (Å²) in [6.07, 6.45) is 0. The smallest absolute Gasteiger partial charge is 0.338 e. The quantitative estimate of drug-likeness (QED) is 0.320. The average molecular weight is 571 g/mol. The number of rotatable bonds is 2. The van der Waals surface area contributed by atoms with Gasteiger partial charge < -0.3 is 10.8 Å². The van der Waals surface area contributed by atoms with Crippen molar-refractivity contribution in [3.63, 3.8) is 0 Å². The molecule has 1 heterocycles. The number of carboxylic acids is 2. The Kier molecular flexibility index (Phi) is 12.1. The van der Waals surface area contributed by atoms with Crippen LogP contribution >= 0.6 is 0 Å². The molecule has 0 spiro atoms. The van der Waals surface area contributed by atoms with Crippen molar-refractivity contribution in [2.75, 3.05) is 11.5 Å². The Bertz CT molecular complexity index is 627. The van der Waals surface area contributed by atoms with Crippen molar-refractivity contribution in [1.29, 1.82) is 0 Å². The molecule has 2 rings (SSSR count). The van der Waals surface area contributed by atoms with Crippen LogP contribution in [0.15, 0.2) is 18.2 Å². The molecule has 0 saturated carbocycles. The van der Waals surface area contributed by atoms with E-state index in [-0.39, 0.29) is 70.6 Å². The van der Waals surface area contributed by atoms with E-state index in [9.17, 15) is 9.59 Å². The zero-order valence-corrected chi connectivity index (χ0v) is 18.9. The Morgan fingerprint density at radius 2 is 1.58 bits per heavy atom. The molecule has 0 bridgehead atoms. The van der Waals surface area contributed by atoms with Gasteiger partial charge in [0, 0.05) is 59.5 Å². The van der Waals surface area contributed by atoms with E-state index in [1.54, 1.807) is 32.0 Å². The van der Waals surface area contributed by atoms with Crippen LogP contribution in [0.2, 0.25) is 0 Å². The van der Waals surface area contributed by atoms with Crippen LogP contribution in [-0.2, 0) is 53.8 Å². The summed E-state index contributed by atoms with van der Waals surface area (Å²) in [5.41, 5.74) is 12.8. The number of benzene rings is 1. The molecular formula is C15H15BN2O4WY-2. The molecule has 0 aliphatic carbocycles. The molecule has 1 aromatic carbocycles. The van der Waals surface area contributed by atoms with Crippen molar-refractivity contribution in [2.45, 2.75) is 13.8 Å². The van der Waals surface area contributed by atoms with Crippen LogP contribution in [0, 0.1) is 25.8 Å². The van der Waals surface area contributed by atoms with Crippen LogP contribution < -0.4 is 11.5 Å². The van der Waals surface area contributed by atoms with E-state index in [4.69, 9.17) is 21.7 Å². The van der Waals surface area contributed by atoms with Crippen molar-refractivity contribution in [1.82, 2.24) is 0 Å². The van der Waals surface area contributed by atoms with Crippen LogP contribution in [0.1, 0.15) is 31.8 Å². The van der Waals surface area contributed by atoms with Gasteiger partial charge in [-0.2, -0.15) is 0 Å². The Morgan fingerprint density at radius 3 is 1.92 bits per heavy atom. The van der Waals surface area contributed by atoms with Gasteiger partial charge in [-0.15, -0.1) is 0 Å². The van der Waals surface area contributed by atoms with E-state index >= 15 is 0 Å². The van der Waals surface area contributed by atoms with Gasteiger partial charge in [0.2, 0.25) is 0 Å². The van der Waals surface area contributed by atoms with Crippen molar-refractivity contribution in [3.05, 3.63) is 52.4 Å². The van der Waals surface area contributed by atoms with Gasteiger partial charge in [0.05, 0.1) is 5.56 Å². The minimum Gasteiger partial charge on any atom is -0.478 e. The van der Waals surface area contributed by atoms with Gasteiger partial charge in [-0.3, -0.25) is 0 Å². The number of nitrogens with two attached hydrogens (primary N) is 2. The Balaban J connectivity index is 0. The molecule has 0 amide bonds. The van der Waals surface area contributed by atoms with Crippen molar-refractivity contribution in [3.8, 4) is 0 Å². The molecule has 0 aliphatic rings. The maximum absolute atomic E-state index is 10.6. The molecule has 9 heteroatoms. The minimum absolute atomic E-state index is 0. The Labute approximate surface area is 180 Å². The Morgan fingerprint density at radius 1 is 1.04 bits per heavy atom. The van der Waals surface area contributed by atoms with E-state index < -0.39 is 11.9 Å². The largest absolute Gasteiger partial charge is 0.478 e. The number of nitrogen functional groups attached to an aromatic ring is 2. The fourth-order valence-corrected chi connectivity index (χ4v) is 1.83. The number of carbonyl (C=O) groups is 2. The molecule has 1 radical (unpaired) electrons. The first kappa shape index (κ1) is 25.2. The van der Waals surface area contributed by atoms with Crippen molar-refractivity contribution in [2.24, 2.45) is 0 Å². The van der Waals surface area contributed by atoms with Gasteiger partial charge in [-0.25, -0.2) is 4.79 Å². The molecule has 0 saturated heterocycles. The third-order valence-electron chi connectivity index (χ3n) is 2.89. The summed E-state index contributed by atoms with van der Waals surface area (Å²) in [7, 11) is 0. The maximum Gasteiger partial charge on any atom is 0.338 e. The van der Waals surface area contributed by atoms with Gasteiger partial charge in [-0.1, -0.05) is 12.1 Å². The fourth-order valence-electron chi connectivity index (χ4n) is 1.83. The summed E-state index contributed by atoms with van der Waals surface area (Å²) in [5.74, 6) is 3.26. The molecule has 6 nitrogen and oxygen atoms in total. The second kappa shape index (κ2) is 11.5. The molecule has 0 fully saturated rings. The van der Waals surface area contributed by atoms with E-state index in [0.29, 0.717) is 16.8 Å². The molecule has 6 N–H and O–H groups in total. The van der Waals surface area contributed by atoms with Crippen molar-refractivity contribution >= 4 is 30.2 Å². The van der Waals surface area contributed by atoms with Gasteiger partial charge >= 0.3 is 70.1 Å². The zero-order chi connectivity index (χ0) is 16.9. The zero-order valence-electron chi connectivity index (χ0n) is 13.2. The summed E-state index contributed by atoms with van der Waals surface area (Å²) in [5, 5.41) is 17.3. The first-order chi connectivity index (χ1) is 10.3. The van der Waals surface area contributed by atoms with Gasteiger partial charge in [-0.05, 0) is 18.6 Å². The van der Waals surface area contributed by atoms with Crippen LogP contribution in [0.4, 0.5) is 11.4 Å². The first-order valence-corrected chi connectivity index (χ1v) is 6.25. The third kappa shape index (κ3) is 6.84. The summed E-state index contributed by atoms with van der Waals surface area (Å²) >= 11 is 0. The molecule has 1 aromatic heterocycles. The summed E-state index contributed by atoms with van der Waals surface area (Å²) in [6, 6.07) is 5.04. The standard InChI is InChI=1S/C8H9NO2.C7H6BNO2.W.Y/c1-5-3-2-4-6(9)7(5)8(10)11;1-4-2-8-3-5(9)6(4)7(10)11;;/h2-4H,9H2,1H3,(H,10,11);9H2,1H3,(H,10,11);;/q;-2;;. The molecule has 0 atom stereocenters. The number of carboxylic acid groups (broad SMARTS) is 2. The number of hydrogen-bond donors (Lipinski definition) is 4. The maximum atomic E-state index is 10.6. The summed E-state index contributed by atoms with van der Waals surface area (Å²) < 4.78 is 0. The second-order valence-corrected chi connectivity index (χ2v) is 4.50. The molecule has 0 unspecified atom stereocenters. The van der Waals surface area contributed by atoms with Crippen LogP contribution in [0.25, 0.3) is 0 Å². The average Bonchev–Trinajstić information content (AvgIpc) is 2.38. The number of hydrogen-bond acceptors (Lipinski definition) is 4. The van der Waals surface area contributed by atoms with E-state index in [1.165, 1.54) is 6.91 Å². The number of aromatic carboxylic acids is 2. The SMILES string of the molecule is Cc1[c-]b[c-]c(N)c1C(=O)O.Cc1cccc(N)c1C(=O)O.[W].[Y]. The summed E-state index contributed by atoms with van der Waals surface area (Å²) in [4.78, 5) is 21.1. The van der Waals surface area contributed by atoms with Gasteiger partial charge in [0.15, 0.2) is 0 Å². The Hall–Kier alpha value is -1.03. The van der Waals surface area contributed by atoms with Crippen molar-refractivity contribution < 1.29 is 73.6 Å². The minimum atomic E-state index is -1.03. The number of aryl methyl sites for hydroxylation is 2. The predicted octanol–water partition coefficient (Wildman–Crippen LogP) is 1.48. The molecule has 123 valence electrons. The van der Waals surface area contributed by atoms with Gasteiger partial charge in [0.1, 0.15) is 0 Å². The van der Waals surface area contributed by atoms with E-state index in [0.717, 1.165) is 0 Å². The van der Waals surface area contributed by atoms with Crippen LogP contribution in [0.3, 0.4) is 0 Å². The third-order valence-corrected chi connectivity index (χ3v) is 2.89. The normalized spacial score (nSPS) is 8.58. The number of anilines is 2. The van der Waals surface area contributed by atoms with Gasteiger partial charge in [0.25, 0.3) is 0 Å². The first-order valence-electron chi connectivity index (χ1n) is 6.25. The molecule has 0 aliphatic heterocycles. The van der Waals surface area contributed by atoms with E-state index in [1.807, 2.05) is 0 Å². The fraction of sp³-hybridized carbons (Fsp3) is 0.133. The topological polar surface area (TPSA) is 127 Å². The predicted molar refractivity (Wildman–Crippen MR) is 84.1 cm³/mol. The molecular weight excluding hydrogens is 556 g/mol. The van der Waals surface area contributed by atoms with E-state index in [2.05, 4.69) is 11.9 Å². The summed E-state index contributed by atoms with van der Waals surface area (Å²) in [6.45, 7) is 4.85. The second-order valence-electron chi connectivity index (χ2n) is 4.50. The monoisotopic (exact) mass is 571 g/mol. The van der Waals surface area contributed by atoms with Crippen LogP contribution in [0.5, 0.6) is 0 Å². The van der Waals surface area contributed by atoms with Crippen LogP contribution in [-0.4, -0.2) is 29.1 Å². The molecule has 24 heavy (non-hydrogen) atoms.